The minimum absolute atomic E-state index is 0.0162. The lowest BCUT2D eigenvalue weighted by Crippen LogP contribution is -2.36. The molecule has 10 heteroatoms. The van der Waals surface area contributed by atoms with Gasteiger partial charge < -0.3 is 15.4 Å². The minimum Gasteiger partial charge on any atom is -0.497 e. The van der Waals surface area contributed by atoms with Gasteiger partial charge in [-0.15, -0.1) is 0 Å². The molecule has 0 spiro atoms. The van der Waals surface area contributed by atoms with Crippen LogP contribution in [0.2, 0.25) is 0 Å². The van der Waals surface area contributed by atoms with Gasteiger partial charge in [-0.1, -0.05) is 12.1 Å². The van der Waals surface area contributed by atoms with Gasteiger partial charge in [0.2, 0.25) is 0 Å². The third-order valence-electron chi connectivity index (χ3n) is 5.25. The zero-order valence-electron chi connectivity index (χ0n) is 16.8. The second-order valence-electron chi connectivity index (χ2n) is 7.26. The number of carbonyl (C=O) groups is 1. The van der Waals surface area contributed by atoms with Crippen molar-refractivity contribution in [2.24, 2.45) is 0 Å². The average Bonchev–Trinajstić information content (AvgIpc) is 3.22. The van der Waals surface area contributed by atoms with Crippen molar-refractivity contribution in [2.75, 3.05) is 17.7 Å². The molecule has 2 N–H and O–H groups in total. The Morgan fingerprint density at radius 3 is 2.69 bits per heavy atom. The van der Waals surface area contributed by atoms with E-state index in [0.717, 1.165) is 10.9 Å². The van der Waals surface area contributed by atoms with Crippen LogP contribution in [-0.4, -0.2) is 29.0 Å². The Kier molecular flexibility index (Phi) is 5.48. The van der Waals surface area contributed by atoms with Gasteiger partial charge in [-0.05, 0) is 42.0 Å². The highest BCUT2D eigenvalue weighted by atomic mass is 19.4. The Balaban J connectivity index is 1.67. The number of nitrogens with one attached hydrogen (secondary N) is 2. The zero-order chi connectivity index (χ0) is 22.9. The van der Waals surface area contributed by atoms with Crippen LogP contribution in [0, 0.1) is 11.3 Å². The molecule has 3 aromatic rings. The van der Waals surface area contributed by atoms with Crippen LogP contribution in [0.1, 0.15) is 40.0 Å². The van der Waals surface area contributed by atoms with E-state index in [1.165, 1.54) is 31.4 Å². The predicted octanol–water partition coefficient (Wildman–Crippen LogP) is 4.68. The summed E-state index contributed by atoms with van der Waals surface area (Å²) in [6.07, 6.45) is -3.73. The molecule has 1 aliphatic rings. The van der Waals surface area contributed by atoms with E-state index < -0.39 is 24.2 Å². The molecule has 32 heavy (non-hydrogen) atoms. The van der Waals surface area contributed by atoms with Crippen LogP contribution in [0.4, 0.5) is 24.7 Å². The van der Waals surface area contributed by atoms with Crippen molar-refractivity contribution in [3.05, 3.63) is 71.4 Å². The third kappa shape index (κ3) is 4.09. The minimum atomic E-state index is -4.55. The first-order chi connectivity index (χ1) is 15.3. The maximum atomic E-state index is 13.8. The number of rotatable bonds is 4. The van der Waals surface area contributed by atoms with Crippen LogP contribution >= 0.6 is 0 Å². The van der Waals surface area contributed by atoms with Gasteiger partial charge in [-0.2, -0.15) is 23.5 Å². The van der Waals surface area contributed by atoms with Crippen molar-refractivity contribution in [2.45, 2.75) is 24.7 Å². The fraction of sp³-hybridized carbons (Fsp3) is 0.227. The Hall–Kier alpha value is -4.00. The molecule has 7 nitrogen and oxygen atoms in total. The Morgan fingerprint density at radius 1 is 1.28 bits per heavy atom. The number of amides is 1. The molecule has 0 fully saturated rings. The van der Waals surface area contributed by atoms with Crippen LogP contribution < -0.4 is 15.4 Å². The van der Waals surface area contributed by atoms with E-state index in [-0.39, 0.29) is 17.8 Å². The Morgan fingerprint density at radius 2 is 2.03 bits per heavy atom. The zero-order valence-corrected chi connectivity index (χ0v) is 16.8. The normalized spacial score (nSPS) is 17.6. The fourth-order valence-electron chi connectivity index (χ4n) is 3.63. The lowest BCUT2D eigenvalue weighted by atomic mass is 9.96. The maximum absolute atomic E-state index is 13.8. The summed E-state index contributed by atoms with van der Waals surface area (Å²) in [5.74, 6) is -0.112. The second kappa shape index (κ2) is 8.26. The summed E-state index contributed by atoms with van der Waals surface area (Å²) >= 11 is 0. The van der Waals surface area contributed by atoms with E-state index >= 15 is 0 Å². The summed E-state index contributed by atoms with van der Waals surface area (Å²) < 4.78 is 47.5. The van der Waals surface area contributed by atoms with Gasteiger partial charge >= 0.3 is 6.18 Å². The van der Waals surface area contributed by atoms with E-state index in [1.807, 2.05) is 6.07 Å². The van der Waals surface area contributed by atoms with Gasteiger partial charge in [0.15, 0.2) is 6.04 Å². The number of aromatic nitrogens is 2. The molecule has 1 aliphatic heterocycles. The number of carbonyl (C=O) groups excluding carboxylic acids is 1. The molecule has 1 aromatic heterocycles. The van der Waals surface area contributed by atoms with E-state index in [4.69, 9.17) is 10.00 Å². The number of hydrogen-bond acceptors (Lipinski definition) is 5. The Bertz CT molecular complexity index is 1180. The molecule has 4 rings (SSSR count). The summed E-state index contributed by atoms with van der Waals surface area (Å²) in [7, 11) is 1.48. The SMILES string of the molecule is COc1cccc(C2CC(C(F)(F)F)n3ncc(C(=O)Nc4ccc(C#N)cc4)c3N2)c1. The van der Waals surface area contributed by atoms with E-state index in [0.29, 0.717) is 22.6 Å². The second-order valence-corrected chi connectivity index (χ2v) is 7.26. The van der Waals surface area contributed by atoms with Crippen molar-refractivity contribution < 1.29 is 22.7 Å². The number of nitrogens with zero attached hydrogens (tertiary/aromatic N) is 3. The number of ether oxygens (including phenoxy) is 1. The Labute approximate surface area is 181 Å². The largest absolute Gasteiger partial charge is 0.497 e. The monoisotopic (exact) mass is 441 g/mol. The van der Waals surface area contributed by atoms with E-state index in [9.17, 15) is 18.0 Å². The van der Waals surface area contributed by atoms with Crippen molar-refractivity contribution >= 4 is 17.4 Å². The van der Waals surface area contributed by atoms with E-state index in [2.05, 4.69) is 15.7 Å². The lowest BCUT2D eigenvalue weighted by Gasteiger charge is -2.34. The molecule has 2 aromatic carbocycles. The van der Waals surface area contributed by atoms with Crippen LogP contribution in [0.3, 0.4) is 0 Å². The van der Waals surface area contributed by atoms with E-state index in [1.54, 1.807) is 24.3 Å². The summed E-state index contributed by atoms with van der Waals surface area (Å²) in [6, 6.07) is 12.3. The van der Waals surface area contributed by atoms with Gasteiger partial charge in [0, 0.05) is 12.1 Å². The van der Waals surface area contributed by atoms with Crippen LogP contribution in [-0.2, 0) is 0 Å². The van der Waals surface area contributed by atoms with Crippen molar-refractivity contribution in [3.8, 4) is 11.8 Å². The number of nitriles is 1. The molecule has 164 valence electrons. The molecule has 2 unspecified atom stereocenters. The number of methoxy groups -OCH3 is 1. The van der Waals surface area contributed by atoms with Crippen LogP contribution in [0.15, 0.2) is 54.7 Å². The fourth-order valence-corrected chi connectivity index (χ4v) is 3.63. The highest BCUT2D eigenvalue weighted by molar-refractivity contribution is 6.07. The first-order valence-corrected chi connectivity index (χ1v) is 9.66. The molecule has 0 radical (unpaired) electrons. The topological polar surface area (TPSA) is 92.0 Å². The molecule has 0 saturated heterocycles. The predicted molar refractivity (Wildman–Crippen MR) is 110 cm³/mol. The summed E-state index contributed by atoms with van der Waals surface area (Å²) in [4.78, 5) is 12.8. The molecule has 0 bridgehead atoms. The number of anilines is 2. The van der Waals surface area contributed by atoms with Crippen LogP contribution in [0.25, 0.3) is 0 Å². The van der Waals surface area contributed by atoms with Gasteiger partial charge in [0.05, 0.1) is 31.0 Å². The van der Waals surface area contributed by atoms with Crippen molar-refractivity contribution in [1.29, 1.82) is 5.26 Å². The average molecular weight is 441 g/mol. The van der Waals surface area contributed by atoms with Crippen LogP contribution in [0.5, 0.6) is 5.75 Å². The lowest BCUT2D eigenvalue weighted by molar-refractivity contribution is -0.173. The molecule has 1 amide bonds. The van der Waals surface area contributed by atoms with Gasteiger partial charge in [-0.25, -0.2) is 4.68 Å². The molecule has 2 atom stereocenters. The summed E-state index contributed by atoms with van der Waals surface area (Å²) in [6.45, 7) is 0. The number of hydrogen-bond donors (Lipinski definition) is 2. The first-order valence-electron chi connectivity index (χ1n) is 9.66. The highest BCUT2D eigenvalue weighted by Crippen LogP contribution is 2.44. The number of benzene rings is 2. The van der Waals surface area contributed by atoms with Gasteiger partial charge in [0.1, 0.15) is 17.1 Å². The summed E-state index contributed by atoms with van der Waals surface area (Å²) in [5, 5.41) is 18.4. The van der Waals surface area contributed by atoms with Crippen molar-refractivity contribution in [3.63, 3.8) is 0 Å². The molecule has 2 heterocycles. The third-order valence-corrected chi connectivity index (χ3v) is 5.25. The number of fused-ring (bicyclic) bond motifs is 1. The summed E-state index contributed by atoms with van der Waals surface area (Å²) in [5.41, 5.74) is 1.41. The number of halogens is 3. The smallest absolute Gasteiger partial charge is 0.410 e. The molecular weight excluding hydrogens is 423 g/mol. The standard InChI is InChI=1S/C22H18F3N5O2/c1-32-16-4-2-3-14(9-16)18-10-19(22(23,24)25)30-20(29-18)17(12-27-30)21(31)28-15-7-5-13(11-26)6-8-15/h2-9,12,18-19,29H,10H2,1H3,(H,28,31). The maximum Gasteiger partial charge on any atom is 0.410 e. The molecule has 0 aliphatic carbocycles. The number of alkyl halides is 3. The highest BCUT2D eigenvalue weighted by Gasteiger charge is 2.47. The molecular formula is C22H18F3N5O2. The first kappa shape index (κ1) is 21.2. The van der Waals surface area contributed by atoms with Crippen molar-refractivity contribution in [1.82, 2.24) is 9.78 Å². The van der Waals surface area contributed by atoms with Gasteiger partial charge in [0.25, 0.3) is 5.91 Å². The quantitative estimate of drug-likeness (QED) is 0.614. The molecule has 0 saturated carbocycles. The van der Waals surface area contributed by atoms with Gasteiger partial charge in [-0.3, -0.25) is 4.79 Å².